The fourth-order valence-electron chi connectivity index (χ4n) is 3.60. The lowest BCUT2D eigenvalue weighted by Gasteiger charge is -2.21. The monoisotopic (exact) mass is 309 g/mol. The Morgan fingerprint density at radius 1 is 1.17 bits per heavy atom. The first kappa shape index (κ1) is 15.5. The second kappa shape index (κ2) is 6.03. The molecular formula is C19H23N3O. The van der Waals surface area contributed by atoms with Crippen molar-refractivity contribution in [2.24, 2.45) is 5.73 Å². The number of nitrogens with one attached hydrogen (secondary N) is 1. The van der Waals surface area contributed by atoms with Gasteiger partial charge in [0, 0.05) is 11.6 Å². The van der Waals surface area contributed by atoms with E-state index in [0.29, 0.717) is 5.56 Å². The summed E-state index contributed by atoms with van der Waals surface area (Å²) in [7, 11) is 0. The van der Waals surface area contributed by atoms with Crippen molar-refractivity contribution in [1.82, 2.24) is 4.57 Å². The Labute approximate surface area is 136 Å². The van der Waals surface area contributed by atoms with Gasteiger partial charge in [0.2, 0.25) is 0 Å². The molecule has 0 amide bonds. The van der Waals surface area contributed by atoms with Crippen LogP contribution in [0.1, 0.15) is 48.4 Å². The van der Waals surface area contributed by atoms with Gasteiger partial charge in [-0.1, -0.05) is 36.6 Å². The number of aromatic nitrogens is 1. The molecule has 4 nitrogen and oxygen atoms in total. The van der Waals surface area contributed by atoms with Gasteiger partial charge in [-0.05, 0) is 44.4 Å². The van der Waals surface area contributed by atoms with Gasteiger partial charge in [-0.25, -0.2) is 0 Å². The van der Waals surface area contributed by atoms with Crippen LogP contribution < -0.4 is 11.3 Å². The zero-order chi connectivity index (χ0) is 16.6. The molecule has 0 atom stereocenters. The van der Waals surface area contributed by atoms with Crippen molar-refractivity contribution in [3.63, 3.8) is 0 Å². The molecule has 1 saturated carbocycles. The van der Waals surface area contributed by atoms with E-state index in [9.17, 15) is 4.79 Å². The van der Waals surface area contributed by atoms with E-state index in [1.807, 2.05) is 10.6 Å². The van der Waals surface area contributed by atoms with Crippen molar-refractivity contribution in [3.05, 3.63) is 57.4 Å². The smallest absolute Gasteiger partial charge is 0.262 e. The molecular weight excluding hydrogens is 286 g/mol. The summed E-state index contributed by atoms with van der Waals surface area (Å²) in [6, 6.07) is 10.1. The molecule has 23 heavy (non-hydrogen) atoms. The summed E-state index contributed by atoms with van der Waals surface area (Å²) in [4.78, 5) is 12.9. The number of amidine groups is 1. The fourth-order valence-corrected chi connectivity index (χ4v) is 3.60. The first-order valence-electron chi connectivity index (χ1n) is 8.16. The second-order valence-electron chi connectivity index (χ2n) is 6.48. The number of rotatable bonds is 3. The van der Waals surface area contributed by atoms with Crippen LogP contribution in [-0.2, 0) is 0 Å². The third-order valence-corrected chi connectivity index (χ3v) is 4.75. The number of hydrogen-bond donors (Lipinski definition) is 2. The van der Waals surface area contributed by atoms with E-state index in [-0.39, 0.29) is 17.4 Å². The molecule has 1 fully saturated rings. The molecule has 0 saturated heterocycles. The maximum Gasteiger partial charge on any atom is 0.262 e. The van der Waals surface area contributed by atoms with Crippen molar-refractivity contribution in [2.45, 2.75) is 45.6 Å². The second-order valence-corrected chi connectivity index (χ2v) is 6.48. The number of nitrogens with two attached hydrogens (primary N) is 1. The molecule has 1 aliphatic rings. The Bertz CT molecular complexity index is 814. The fraction of sp³-hybridized carbons (Fsp3) is 0.368. The molecule has 1 heterocycles. The van der Waals surface area contributed by atoms with Gasteiger partial charge in [-0.2, -0.15) is 0 Å². The van der Waals surface area contributed by atoms with Crippen LogP contribution in [0.15, 0.2) is 35.1 Å². The normalized spacial score (nSPS) is 15.0. The molecule has 120 valence electrons. The maximum absolute atomic E-state index is 12.9. The van der Waals surface area contributed by atoms with Crippen LogP contribution in [0.5, 0.6) is 0 Å². The first-order chi connectivity index (χ1) is 11.0. The zero-order valence-electron chi connectivity index (χ0n) is 13.7. The van der Waals surface area contributed by atoms with Crippen LogP contribution in [0.25, 0.3) is 11.3 Å². The van der Waals surface area contributed by atoms with E-state index < -0.39 is 0 Å². The van der Waals surface area contributed by atoms with Gasteiger partial charge in [-0.3, -0.25) is 10.2 Å². The highest BCUT2D eigenvalue weighted by Gasteiger charge is 2.23. The lowest BCUT2D eigenvalue weighted by atomic mass is 10.0. The summed E-state index contributed by atoms with van der Waals surface area (Å²) in [6.07, 6.45) is 4.32. The molecule has 3 N–H and O–H groups in total. The predicted molar refractivity (Wildman–Crippen MR) is 94.1 cm³/mol. The number of hydrogen-bond acceptors (Lipinski definition) is 2. The summed E-state index contributed by atoms with van der Waals surface area (Å²) in [5.41, 5.74) is 10.1. The number of pyridine rings is 1. The van der Waals surface area contributed by atoms with Crippen molar-refractivity contribution in [3.8, 4) is 11.3 Å². The standard InChI is InChI=1S/C19H23N3O/c1-12-7-8-15(13(2)11-12)17-10-9-16(18(20)21)19(23)22(17)14-5-3-4-6-14/h7-11,14H,3-6H2,1-2H3,(H3,20,21). The van der Waals surface area contributed by atoms with E-state index in [4.69, 9.17) is 11.1 Å². The minimum Gasteiger partial charge on any atom is -0.384 e. The molecule has 0 bridgehead atoms. The van der Waals surface area contributed by atoms with Crippen molar-refractivity contribution < 1.29 is 0 Å². The van der Waals surface area contributed by atoms with Gasteiger partial charge < -0.3 is 10.3 Å². The van der Waals surface area contributed by atoms with Gasteiger partial charge >= 0.3 is 0 Å². The summed E-state index contributed by atoms with van der Waals surface area (Å²) >= 11 is 0. The Kier molecular flexibility index (Phi) is 4.07. The summed E-state index contributed by atoms with van der Waals surface area (Å²) in [5.74, 6) is -0.158. The van der Waals surface area contributed by atoms with Gasteiger partial charge in [0.25, 0.3) is 5.56 Å². The highest BCUT2D eigenvalue weighted by atomic mass is 16.1. The molecule has 4 heteroatoms. The minimum atomic E-state index is -0.158. The van der Waals surface area contributed by atoms with Gasteiger partial charge in [0.05, 0.1) is 11.3 Å². The molecule has 1 aromatic heterocycles. The third-order valence-electron chi connectivity index (χ3n) is 4.75. The maximum atomic E-state index is 12.9. The lowest BCUT2D eigenvalue weighted by Crippen LogP contribution is -2.32. The number of aryl methyl sites for hydroxylation is 2. The Morgan fingerprint density at radius 3 is 2.48 bits per heavy atom. The van der Waals surface area contributed by atoms with Crippen LogP contribution in [-0.4, -0.2) is 10.4 Å². The molecule has 0 unspecified atom stereocenters. The van der Waals surface area contributed by atoms with E-state index >= 15 is 0 Å². The average molecular weight is 309 g/mol. The van der Waals surface area contributed by atoms with Gasteiger partial charge in [0.1, 0.15) is 5.84 Å². The molecule has 1 aromatic carbocycles. The number of benzene rings is 1. The zero-order valence-corrected chi connectivity index (χ0v) is 13.7. The van der Waals surface area contributed by atoms with Gasteiger partial charge in [-0.15, -0.1) is 0 Å². The Hall–Kier alpha value is -2.36. The first-order valence-corrected chi connectivity index (χ1v) is 8.16. The van der Waals surface area contributed by atoms with Crippen LogP contribution in [0, 0.1) is 19.3 Å². The highest BCUT2D eigenvalue weighted by Crippen LogP contribution is 2.33. The van der Waals surface area contributed by atoms with Crippen LogP contribution in [0.4, 0.5) is 0 Å². The predicted octanol–water partition coefficient (Wildman–Crippen LogP) is 3.53. The molecule has 0 radical (unpaired) electrons. The summed E-state index contributed by atoms with van der Waals surface area (Å²) < 4.78 is 1.88. The summed E-state index contributed by atoms with van der Waals surface area (Å²) in [6.45, 7) is 4.14. The molecule has 3 rings (SSSR count). The largest absolute Gasteiger partial charge is 0.384 e. The average Bonchev–Trinajstić information content (AvgIpc) is 3.00. The van der Waals surface area contributed by atoms with Crippen molar-refractivity contribution >= 4 is 5.84 Å². The Morgan fingerprint density at radius 2 is 1.87 bits per heavy atom. The van der Waals surface area contributed by atoms with E-state index in [2.05, 4.69) is 32.0 Å². The van der Waals surface area contributed by atoms with E-state index in [1.54, 1.807) is 6.07 Å². The van der Waals surface area contributed by atoms with Gasteiger partial charge in [0.15, 0.2) is 0 Å². The van der Waals surface area contributed by atoms with Crippen molar-refractivity contribution in [2.75, 3.05) is 0 Å². The quantitative estimate of drug-likeness (QED) is 0.672. The topological polar surface area (TPSA) is 71.9 Å². The number of nitrogen functional groups attached to an aromatic ring is 1. The third kappa shape index (κ3) is 2.81. The highest BCUT2D eigenvalue weighted by molar-refractivity contribution is 5.94. The van der Waals surface area contributed by atoms with E-state index in [0.717, 1.165) is 42.5 Å². The molecule has 1 aliphatic carbocycles. The van der Waals surface area contributed by atoms with Crippen LogP contribution >= 0.6 is 0 Å². The van der Waals surface area contributed by atoms with Crippen molar-refractivity contribution in [1.29, 1.82) is 5.41 Å². The molecule has 2 aromatic rings. The van der Waals surface area contributed by atoms with Crippen LogP contribution in [0.3, 0.4) is 0 Å². The summed E-state index contributed by atoms with van der Waals surface area (Å²) in [5, 5.41) is 7.65. The molecule has 0 spiro atoms. The Balaban J connectivity index is 2.25. The van der Waals surface area contributed by atoms with E-state index in [1.165, 1.54) is 5.56 Å². The lowest BCUT2D eigenvalue weighted by molar-refractivity contribution is 0.507. The number of nitrogens with zero attached hydrogens (tertiary/aromatic N) is 1. The minimum absolute atomic E-state index is 0.137. The SMILES string of the molecule is Cc1ccc(-c2ccc(C(=N)N)c(=O)n2C2CCCC2)c(C)c1. The van der Waals surface area contributed by atoms with Crippen LogP contribution in [0.2, 0.25) is 0 Å². The molecule has 0 aliphatic heterocycles.